The summed E-state index contributed by atoms with van der Waals surface area (Å²) in [6, 6.07) is 11.9. The minimum Gasteiger partial charge on any atom is -0.459 e. The standard InChI is InChI=1S/C18H18ClNO.C10H21NO.C2H4O/c1-11-9-16-17(21-11)14(18(2,3)4)10-15(20-16)12-5-7-13(19)8-6-12;1-6-7-11-9(12)10(4,5)8(2)3;1-2-3/h5-10H,1-4H3;8H,6-7H2,1-5H3,(H,11,12);2H,1H3. The first kappa shape index (κ1) is 31.4. The minimum atomic E-state index is -0.241. The molecule has 0 saturated heterocycles. The zero-order valence-electron chi connectivity index (χ0n) is 23.6. The number of amides is 1. The number of halogens is 1. The van der Waals surface area contributed by atoms with Crippen molar-refractivity contribution in [3.05, 3.63) is 52.7 Å². The van der Waals surface area contributed by atoms with Gasteiger partial charge >= 0.3 is 0 Å². The second-order valence-corrected chi connectivity index (χ2v) is 11.2. The lowest BCUT2D eigenvalue weighted by Crippen LogP contribution is -2.40. The van der Waals surface area contributed by atoms with Crippen LogP contribution in [0.1, 0.15) is 80.1 Å². The predicted octanol–water partition coefficient (Wildman–Crippen LogP) is 8.15. The fourth-order valence-corrected chi connectivity index (χ4v) is 3.32. The van der Waals surface area contributed by atoms with Crippen LogP contribution in [0.2, 0.25) is 5.02 Å². The van der Waals surface area contributed by atoms with Gasteiger partial charge in [0.05, 0.1) is 5.69 Å². The van der Waals surface area contributed by atoms with Crippen molar-refractivity contribution in [2.75, 3.05) is 6.54 Å². The van der Waals surface area contributed by atoms with Gasteiger partial charge in [-0.3, -0.25) is 4.79 Å². The molecule has 1 aromatic carbocycles. The summed E-state index contributed by atoms with van der Waals surface area (Å²) in [6.45, 7) is 20.9. The smallest absolute Gasteiger partial charge is 0.225 e. The molecule has 36 heavy (non-hydrogen) atoms. The van der Waals surface area contributed by atoms with E-state index in [9.17, 15) is 4.79 Å². The van der Waals surface area contributed by atoms with Gasteiger partial charge in [0.2, 0.25) is 5.91 Å². The lowest BCUT2D eigenvalue weighted by atomic mass is 9.80. The van der Waals surface area contributed by atoms with Crippen molar-refractivity contribution in [1.29, 1.82) is 0 Å². The van der Waals surface area contributed by atoms with Crippen LogP contribution < -0.4 is 5.32 Å². The molecule has 0 unspecified atom stereocenters. The number of furan rings is 1. The average molecular weight is 515 g/mol. The minimum absolute atomic E-state index is 0.00728. The third kappa shape index (κ3) is 8.77. The molecule has 0 bridgehead atoms. The number of hydrogen-bond donors (Lipinski definition) is 1. The van der Waals surface area contributed by atoms with Crippen LogP contribution in [-0.4, -0.2) is 23.7 Å². The highest BCUT2D eigenvalue weighted by atomic mass is 35.5. The average Bonchev–Trinajstić information content (AvgIpc) is 3.17. The highest BCUT2D eigenvalue weighted by molar-refractivity contribution is 6.30. The molecule has 1 amide bonds. The van der Waals surface area contributed by atoms with Crippen molar-refractivity contribution in [1.82, 2.24) is 10.3 Å². The molecule has 5 nitrogen and oxygen atoms in total. The molecule has 0 aliphatic rings. The van der Waals surface area contributed by atoms with Crippen molar-refractivity contribution >= 4 is 34.9 Å². The fourth-order valence-electron chi connectivity index (χ4n) is 3.20. The summed E-state index contributed by atoms with van der Waals surface area (Å²) in [6.07, 6.45) is 1.75. The zero-order valence-corrected chi connectivity index (χ0v) is 24.3. The van der Waals surface area contributed by atoms with E-state index < -0.39 is 0 Å². The molecule has 2 heterocycles. The number of aryl methyl sites for hydroxylation is 1. The molecule has 0 aliphatic heterocycles. The number of aldehydes is 1. The van der Waals surface area contributed by atoms with Crippen molar-refractivity contribution in [3.8, 4) is 11.3 Å². The topological polar surface area (TPSA) is 72.2 Å². The first-order valence-electron chi connectivity index (χ1n) is 12.5. The molecule has 0 saturated carbocycles. The maximum atomic E-state index is 11.6. The Balaban J connectivity index is 0.000000369. The van der Waals surface area contributed by atoms with Crippen LogP contribution in [0.25, 0.3) is 22.4 Å². The maximum Gasteiger partial charge on any atom is 0.225 e. The molecular weight excluding hydrogens is 472 g/mol. The Labute approximate surface area is 222 Å². The molecule has 3 aromatic rings. The highest BCUT2D eigenvalue weighted by Gasteiger charge is 2.30. The molecule has 1 N–H and O–H groups in total. The summed E-state index contributed by atoms with van der Waals surface area (Å²) < 4.78 is 5.85. The molecule has 0 spiro atoms. The van der Waals surface area contributed by atoms with Crippen molar-refractivity contribution in [3.63, 3.8) is 0 Å². The molecule has 0 atom stereocenters. The van der Waals surface area contributed by atoms with Crippen LogP contribution >= 0.6 is 11.6 Å². The van der Waals surface area contributed by atoms with E-state index in [2.05, 4.69) is 52.9 Å². The first-order valence-corrected chi connectivity index (χ1v) is 12.9. The summed E-state index contributed by atoms with van der Waals surface area (Å²) >= 11 is 5.97. The number of carbonyl (C=O) groups excluding carboxylic acids is 2. The van der Waals surface area contributed by atoms with Crippen LogP contribution in [0.3, 0.4) is 0 Å². The summed E-state index contributed by atoms with van der Waals surface area (Å²) in [5.74, 6) is 1.44. The molecule has 0 radical (unpaired) electrons. The quantitative estimate of drug-likeness (QED) is 0.348. The SMILES string of the molecule is CC=O.CCCNC(=O)C(C)(C)C(C)C.Cc1cc2nc(-c3ccc(Cl)cc3)cc(C(C)(C)C)c2o1. The lowest BCUT2D eigenvalue weighted by Gasteiger charge is -2.27. The predicted molar refractivity (Wildman–Crippen MR) is 152 cm³/mol. The first-order chi connectivity index (χ1) is 16.7. The van der Waals surface area contributed by atoms with Crippen LogP contribution in [-0.2, 0) is 15.0 Å². The van der Waals surface area contributed by atoms with Crippen LogP contribution in [0.5, 0.6) is 0 Å². The van der Waals surface area contributed by atoms with E-state index >= 15 is 0 Å². The number of nitrogens with zero attached hydrogens (tertiary/aromatic N) is 1. The van der Waals surface area contributed by atoms with Gasteiger partial charge in [0.25, 0.3) is 0 Å². The van der Waals surface area contributed by atoms with Gasteiger partial charge in [-0.1, -0.05) is 79.1 Å². The third-order valence-corrected chi connectivity index (χ3v) is 6.37. The number of aromatic nitrogens is 1. The van der Waals surface area contributed by atoms with Crippen LogP contribution in [0.15, 0.2) is 40.8 Å². The molecular formula is C30H43ClN2O3. The van der Waals surface area contributed by atoms with Crippen LogP contribution in [0.4, 0.5) is 0 Å². The summed E-state index contributed by atoms with van der Waals surface area (Å²) in [5.41, 5.74) is 4.73. The lowest BCUT2D eigenvalue weighted by molar-refractivity contribution is -0.131. The normalized spacial score (nSPS) is 11.3. The summed E-state index contributed by atoms with van der Waals surface area (Å²) in [5, 5.41) is 3.65. The third-order valence-electron chi connectivity index (χ3n) is 6.11. The number of hydrogen-bond acceptors (Lipinski definition) is 4. The molecule has 2 aromatic heterocycles. The Morgan fingerprint density at radius 1 is 1.11 bits per heavy atom. The van der Waals surface area contributed by atoms with E-state index in [0.717, 1.165) is 52.4 Å². The van der Waals surface area contributed by atoms with Gasteiger partial charge in [-0.15, -0.1) is 0 Å². The Hall–Kier alpha value is -2.66. The van der Waals surface area contributed by atoms with Gasteiger partial charge in [0, 0.05) is 34.2 Å². The van der Waals surface area contributed by atoms with Crippen LogP contribution in [0, 0.1) is 18.3 Å². The number of pyridine rings is 1. The molecule has 0 fully saturated rings. The Morgan fingerprint density at radius 3 is 2.14 bits per heavy atom. The molecule has 198 valence electrons. The fraction of sp³-hybridized carbons (Fsp3) is 0.500. The van der Waals surface area contributed by atoms with E-state index in [-0.39, 0.29) is 16.7 Å². The van der Waals surface area contributed by atoms with Gasteiger partial charge in [0.1, 0.15) is 17.6 Å². The van der Waals surface area contributed by atoms with Crippen molar-refractivity contribution < 1.29 is 14.0 Å². The largest absolute Gasteiger partial charge is 0.459 e. The van der Waals surface area contributed by atoms with Gasteiger partial charge in [-0.25, -0.2) is 4.98 Å². The molecule has 6 heteroatoms. The molecule has 3 rings (SSSR count). The van der Waals surface area contributed by atoms with E-state index in [0.29, 0.717) is 5.92 Å². The number of carbonyl (C=O) groups is 2. The van der Waals surface area contributed by atoms with Gasteiger partial charge in [0.15, 0.2) is 5.58 Å². The maximum absolute atomic E-state index is 11.6. The van der Waals surface area contributed by atoms with Gasteiger partial charge in [-0.05, 0) is 49.8 Å². The van der Waals surface area contributed by atoms with E-state index in [4.69, 9.17) is 25.8 Å². The van der Waals surface area contributed by atoms with E-state index in [1.807, 2.05) is 51.1 Å². The number of nitrogens with one attached hydrogen (secondary N) is 1. The summed E-state index contributed by atoms with van der Waals surface area (Å²) in [4.78, 5) is 25.1. The zero-order chi connectivity index (χ0) is 27.7. The number of benzene rings is 1. The van der Waals surface area contributed by atoms with Crippen molar-refractivity contribution in [2.24, 2.45) is 11.3 Å². The van der Waals surface area contributed by atoms with Crippen molar-refractivity contribution in [2.45, 2.75) is 81.1 Å². The van der Waals surface area contributed by atoms with E-state index in [1.54, 1.807) is 0 Å². The van der Waals surface area contributed by atoms with E-state index in [1.165, 1.54) is 12.5 Å². The van der Waals surface area contributed by atoms with Gasteiger partial charge in [-0.2, -0.15) is 0 Å². The monoisotopic (exact) mass is 514 g/mol. The molecule has 0 aliphatic carbocycles. The Morgan fingerprint density at radius 2 is 1.67 bits per heavy atom. The second kappa shape index (κ2) is 13.6. The number of fused-ring (bicyclic) bond motifs is 1. The Kier molecular flexibility index (Phi) is 11.8. The highest BCUT2D eigenvalue weighted by Crippen LogP contribution is 2.34. The van der Waals surface area contributed by atoms with Gasteiger partial charge < -0.3 is 14.5 Å². The summed E-state index contributed by atoms with van der Waals surface area (Å²) in [7, 11) is 0. The Bertz CT molecular complexity index is 1120. The second-order valence-electron chi connectivity index (χ2n) is 10.8. The number of rotatable bonds is 5.